The van der Waals surface area contributed by atoms with Crippen LogP contribution in [-0.2, 0) is 29.1 Å². The van der Waals surface area contributed by atoms with E-state index in [0.29, 0.717) is 30.0 Å². The van der Waals surface area contributed by atoms with Gasteiger partial charge in [0.1, 0.15) is 17.8 Å². The molecule has 1 aliphatic heterocycles. The molecule has 200 valence electrons. The number of amides is 2. The maximum atomic E-state index is 12.8. The zero-order valence-corrected chi connectivity index (χ0v) is 20.7. The predicted octanol–water partition coefficient (Wildman–Crippen LogP) is 2.01. The summed E-state index contributed by atoms with van der Waals surface area (Å²) in [6, 6.07) is 11.4. The number of fused-ring (bicyclic) bond motifs is 2. The summed E-state index contributed by atoms with van der Waals surface area (Å²) in [5, 5.41) is 24.3. The number of ether oxygens (including phenoxy) is 1. The van der Waals surface area contributed by atoms with E-state index in [9.17, 15) is 29.4 Å². The lowest BCUT2D eigenvalue weighted by Gasteiger charge is -2.27. The molecular weight excluding hydrogens is 506 g/mol. The van der Waals surface area contributed by atoms with Crippen LogP contribution in [0.1, 0.15) is 55.7 Å². The number of nitrogens with zero attached hydrogens (tertiary/aromatic N) is 3. The van der Waals surface area contributed by atoms with Crippen LogP contribution in [0.5, 0.6) is 5.75 Å². The predicted molar refractivity (Wildman–Crippen MR) is 136 cm³/mol. The van der Waals surface area contributed by atoms with Crippen LogP contribution in [0.2, 0.25) is 0 Å². The number of anilines is 1. The lowest BCUT2D eigenvalue weighted by atomic mass is 10.0. The molecule has 12 heteroatoms. The maximum absolute atomic E-state index is 12.8. The fourth-order valence-corrected chi connectivity index (χ4v) is 4.89. The zero-order chi connectivity index (χ0) is 27.5. The van der Waals surface area contributed by atoms with Crippen LogP contribution in [0.15, 0.2) is 48.8 Å². The smallest absolute Gasteiger partial charge is 0.335 e. The van der Waals surface area contributed by atoms with E-state index < -0.39 is 17.8 Å². The minimum absolute atomic E-state index is 0.0397. The SMILES string of the molecule is O=C(O)CN(Cc1cc(C(=O)NCc2ccc3c(c2)NC(=O)CO3)ncn1)C1CCc2cc(C(=O)O)ccc21. The minimum atomic E-state index is -1.01. The van der Waals surface area contributed by atoms with E-state index in [1.165, 1.54) is 18.5 Å². The first-order chi connectivity index (χ1) is 18.8. The van der Waals surface area contributed by atoms with Gasteiger partial charge in [0.05, 0.1) is 23.5 Å². The van der Waals surface area contributed by atoms with Crippen LogP contribution >= 0.6 is 0 Å². The van der Waals surface area contributed by atoms with Gasteiger partial charge in [0.15, 0.2) is 6.61 Å². The number of aromatic nitrogens is 2. The Morgan fingerprint density at radius 1 is 1.10 bits per heavy atom. The van der Waals surface area contributed by atoms with E-state index in [4.69, 9.17) is 4.74 Å². The Balaban J connectivity index is 1.28. The van der Waals surface area contributed by atoms with Gasteiger partial charge >= 0.3 is 11.9 Å². The molecule has 0 saturated carbocycles. The largest absolute Gasteiger partial charge is 0.482 e. The molecule has 0 fully saturated rings. The molecule has 0 radical (unpaired) electrons. The van der Waals surface area contributed by atoms with Crippen LogP contribution in [0, 0.1) is 0 Å². The first kappa shape index (κ1) is 25.8. The zero-order valence-electron chi connectivity index (χ0n) is 20.7. The maximum Gasteiger partial charge on any atom is 0.335 e. The van der Waals surface area contributed by atoms with E-state index in [2.05, 4.69) is 20.6 Å². The summed E-state index contributed by atoms with van der Waals surface area (Å²) in [7, 11) is 0. The standard InChI is InChI=1S/C27H25N5O7/c33-24-13-39-23-6-1-15(7-20(23)31-24)10-28-26(36)21-9-18(29-14-30-21)11-32(12-25(34)35)22-5-3-16-8-17(27(37)38)2-4-19(16)22/h1-2,4,6-9,14,22H,3,5,10-13H2,(H,28,36)(H,31,33)(H,34,35)(H,37,38). The van der Waals surface area contributed by atoms with Crippen LogP contribution < -0.4 is 15.4 Å². The fraction of sp³-hybridized carbons (Fsp3) is 0.259. The number of aromatic carboxylic acids is 1. The van der Waals surface area contributed by atoms with Crippen molar-refractivity contribution >= 4 is 29.4 Å². The summed E-state index contributed by atoms with van der Waals surface area (Å²) < 4.78 is 5.34. The van der Waals surface area contributed by atoms with Crippen molar-refractivity contribution in [1.82, 2.24) is 20.2 Å². The average Bonchev–Trinajstić information content (AvgIpc) is 3.34. The van der Waals surface area contributed by atoms with Gasteiger partial charge in [-0.3, -0.25) is 19.3 Å². The molecule has 2 amide bonds. The molecule has 0 bridgehead atoms. The molecule has 5 rings (SSSR count). The van der Waals surface area contributed by atoms with Crippen LogP contribution in [0.4, 0.5) is 5.69 Å². The lowest BCUT2D eigenvalue weighted by Crippen LogP contribution is -2.33. The summed E-state index contributed by atoms with van der Waals surface area (Å²) in [4.78, 5) is 57.5. The molecule has 2 aromatic carbocycles. The summed E-state index contributed by atoms with van der Waals surface area (Å²) in [5.74, 6) is -2.15. The molecule has 12 nitrogen and oxygen atoms in total. The monoisotopic (exact) mass is 531 g/mol. The molecule has 39 heavy (non-hydrogen) atoms. The van der Waals surface area contributed by atoms with E-state index in [0.717, 1.165) is 16.7 Å². The molecule has 1 atom stereocenters. The van der Waals surface area contributed by atoms with E-state index in [-0.39, 0.29) is 49.4 Å². The molecule has 0 saturated heterocycles. The van der Waals surface area contributed by atoms with Gasteiger partial charge in [-0.2, -0.15) is 0 Å². The van der Waals surface area contributed by atoms with Crippen molar-refractivity contribution in [2.75, 3.05) is 18.5 Å². The van der Waals surface area contributed by atoms with Crippen molar-refractivity contribution in [3.05, 3.63) is 82.4 Å². The van der Waals surface area contributed by atoms with Crippen LogP contribution in [0.25, 0.3) is 0 Å². The summed E-state index contributed by atoms with van der Waals surface area (Å²) >= 11 is 0. The topological polar surface area (TPSA) is 171 Å². The molecule has 0 spiro atoms. The molecule has 3 aromatic rings. The molecule has 2 aliphatic rings. The fourth-order valence-electron chi connectivity index (χ4n) is 4.89. The number of rotatable bonds is 9. The highest BCUT2D eigenvalue weighted by atomic mass is 16.5. The van der Waals surface area contributed by atoms with E-state index in [1.54, 1.807) is 35.2 Å². The van der Waals surface area contributed by atoms with Gasteiger partial charge in [-0.25, -0.2) is 14.8 Å². The first-order valence-electron chi connectivity index (χ1n) is 12.2. The van der Waals surface area contributed by atoms with Crippen molar-refractivity contribution in [1.29, 1.82) is 0 Å². The second kappa shape index (κ2) is 10.9. The van der Waals surface area contributed by atoms with Gasteiger partial charge < -0.3 is 25.6 Å². The number of aryl methyl sites for hydroxylation is 1. The molecule has 1 unspecified atom stereocenters. The van der Waals surface area contributed by atoms with E-state index in [1.807, 2.05) is 0 Å². The summed E-state index contributed by atoms with van der Waals surface area (Å²) in [5.41, 5.74) is 3.85. The normalized spacial score (nSPS) is 15.6. The van der Waals surface area contributed by atoms with Crippen LogP contribution in [0.3, 0.4) is 0 Å². The summed E-state index contributed by atoms with van der Waals surface area (Å²) in [6.45, 7) is 0.0465. The third kappa shape index (κ3) is 5.85. The first-order valence-corrected chi connectivity index (χ1v) is 12.2. The number of carboxylic acid groups (broad SMARTS) is 2. The van der Waals surface area contributed by atoms with Gasteiger partial charge in [0.25, 0.3) is 11.8 Å². The number of aliphatic carboxylic acids is 1. The van der Waals surface area contributed by atoms with Gasteiger partial charge in [-0.05, 0) is 59.9 Å². The van der Waals surface area contributed by atoms with Gasteiger partial charge in [-0.15, -0.1) is 0 Å². The Kier molecular flexibility index (Phi) is 7.19. The average molecular weight is 532 g/mol. The Morgan fingerprint density at radius 2 is 1.95 bits per heavy atom. The number of carbonyl (C=O) groups is 4. The molecule has 1 aliphatic carbocycles. The number of carbonyl (C=O) groups excluding carboxylic acids is 2. The number of benzene rings is 2. The minimum Gasteiger partial charge on any atom is -0.482 e. The second-order valence-electron chi connectivity index (χ2n) is 9.32. The van der Waals surface area contributed by atoms with Crippen molar-refractivity contribution < 1.29 is 34.1 Å². The van der Waals surface area contributed by atoms with Crippen molar-refractivity contribution in [2.24, 2.45) is 0 Å². The highest BCUT2D eigenvalue weighted by Crippen LogP contribution is 2.37. The van der Waals surface area contributed by atoms with Crippen molar-refractivity contribution in [3.8, 4) is 5.75 Å². The van der Waals surface area contributed by atoms with Gasteiger partial charge in [0, 0.05) is 19.1 Å². The highest BCUT2D eigenvalue weighted by Gasteiger charge is 2.30. The molecule has 1 aromatic heterocycles. The number of carboxylic acids is 2. The van der Waals surface area contributed by atoms with Crippen molar-refractivity contribution in [2.45, 2.75) is 32.0 Å². The van der Waals surface area contributed by atoms with Gasteiger partial charge in [-0.1, -0.05) is 12.1 Å². The van der Waals surface area contributed by atoms with E-state index >= 15 is 0 Å². The van der Waals surface area contributed by atoms with Crippen molar-refractivity contribution in [3.63, 3.8) is 0 Å². The lowest BCUT2D eigenvalue weighted by molar-refractivity contribution is -0.139. The molecule has 2 heterocycles. The number of nitrogens with one attached hydrogen (secondary N) is 2. The quantitative estimate of drug-likeness (QED) is 0.320. The molecular formula is C27H25N5O7. The third-order valence-electron chi connectivity index (χ3n) is 6.67. The Bertz CT molecular complexity index is 1470. The summed E-state index contributed by atoms with van der Waals surface area (Å²) in [6.07, 6.45) is 2.53. The Hall–Kier alpha value is -4.84. The number of hydrogen-bond donors (Lipinski definition) is 4. The van der Waals surface area contributed by atoms with Crippen LogP contribution in [-0.4, -0.2) is 62.0 Å². The Morgan fingerprint density at radius 3 is 2.74 bits per heavy atom. The third-order valence-corrected chi connectivity index (χ3v) is 6.67. The number of hydrogen-bond acceptors (Lipinski definition) is 8. The van der Waals surface area contributed by atoms with Gasteiger partial charge in [0.2, 0.25) is 0 Å². The molecule has 4 N–H and O–H groups in total. The Labute approximate surface area is 222 Å². The second-order valence-corrected chi connectivity index (χ2v) is 9.32. The highest BCUT2D eigenvalue weighted by molar-refractivity contribution is 5.95.